The van der Waals surface area contributed by atoms with E-state index in [0.717, 1.165) is 31.5 Å². The van der Waals surface area contributed by atoms with E-state index in [1.165, 1.54) is 12.0 Å². The minimum atomic E-state index is -4.13. The molecule has 25 heavy (non-hydrogen) atoms. The molecule has 0 bridgehead atoms. The van der Waals surface area contributed by atoms with Crippen LogP contribution in [0.25, 0.3) is 0 Å². The Morgan fingerprint density at radius 1 is 1.08 bits per heavy atom. The quantitative estimate of drug-likeness (QED) is 0.617. The van der Waals surface area contributed by atoms with Gasteiger partial charge < -0.3 is 14.4 Å². The van der Waals surface area contributed by atoms with Gasteiger partial charge in [-0.15, -0.1) is 0 Å². The van der Waals surface area contributed by atoms with Crippen LogP contribution < -0.4 is 9.64 Å². The molecule has 6 nitrogen and oxygen atoms in total. The Balaban J connectivity index is 2.33. The molecule has 2 aromatic carbocycles. The second kappa shape index (κ2) is 6.21. The first-order valence-electron chi connectivity index (χ1n) is 7.17. The molecule has 0 radical (unpaired) electrons. The number of fused-ring (bicyclic) bond motifs is 1. The molecule has 0 spiro atoms. The number of carbonyl (C=O) groups is 1. The number of carbonyl (C=O) groups excluding carboxylic acids is 1. The summed E-state index contributed by atoms with van der Waals surface area (Å²) in [4.78, 5) is 12.6. The van der Waals surface area contributed by atoms with E-state index in [4.69, 9.17) is 4.74 Å². The first kappa shape index (κ1) is 17.0. The predicted molar refractivity (Wildman–Crippen MR) is 88.8 cm³/mol. The highest BCUT2D eigenvalue weighted by molar-refractivity contribution is 7.96. The summed E-state index contributed by atoms with van der Waals surface area (Å²) in [5, 5.41) is 0. The van der Waals surface area contributed by atoms with Crippen molar-refractivity contribution in [3.8, 4) is 5.75 Å². The number of hydrogen-bond donors (Lipinski definition) is 0. The van der Waals surface area contributed by atoms with E-state index < -0.39 is 26.5 Å². The zero-order valence-electron chi connectivity index (χ0n) is 13.4. The van der Waals surface area contributed by atoms with Gasteiger partial charge in [-0.25, -0.2) is 17.6 Å². The number of anilines is 2. The van der Waals surface area contributed by atoms with E-state index in [1.807, 2.05) is 0 Å². The van der Waals surface area contributed by atoms with Crippen LogP contribution in [0.1, 0.15) is 0 Å². The van der Waals surface area contributed by atoms with E-state index in [1.54, 1.807) is 24.3 Å². The maximum Gasteiger partial charge on any atom is 0.351 e. The SMILES string of the molecule is COC(=O)C1=CN(c2ccccc2OC)c2cc(F)ccc2S1(=O)=O. The Morgan fingerprint density at radius 2 is 1.80 bits per heavy atom. The van der Waals surface area contributed by atoms with Crippen LogP contribution >= 0.6 is 0 Å². The maximum absolute atomic E-state index is 13.8. The average Bonchev–Trinajstić information content (AvgIpc) is 2.61. The highest BCUT2D eigenvalue weighted by Crippen LogP contribution is 2.43. The lowest BCUT2D eigenvalue weighted by molar-refractivity contribution is -0.135. The number of methoxy groups -OCH3 is 2. The Kier molecular flexibility index (Phi) is 4.22. The summed E-state index contributed by atoms with van der Waals surface area (Å²) < 4.78 is 49.0. The van der Waals surface area contributed by atoms with Crippen molar-refractivity contribution in [1.29, 1.82) is 0 Å². The minimum Gasteiger partial charge on any atom is -0.495 e. The molecule has 8 heteroatoms. The van der Waals surface area contributed by atoms with Gasteiger partial charge in [0.25, 0.3) is 0 Å². The van der Waals surface area contributed by atoms with Crippen molar-refractivity contribution in [3.63, 3.8) is 0 Å². The molecule has 130 valence electrons. The Bertz CT molecular complexity index is 984. The Morgan fingerprint density at radius 3 is 2.48 bits per heavy atom. The summed E-state index contributed by atoms with van der Waals surface area (Å²) in [6, 6.07) is 10.0. The predicted octanol–water partition coefficient (Wildman–Crippen LogP) is 2.77. The summed E-state index contributed by atoms with van der Waals surface area (Å²) in [6.45, 7) is 0. The van der Waals surface area contributed by atoms with Crippen molar-refractivity contribution in [3.05, 3.63) is 59.4 Å². The number of sulfone groups is 1. The van der Waals surface area contributed by atoms with Crippen molar-refractivity contribution in [2.24, 2.45) is 0 Å². The van der Waals surface area contributed by atoms with Crippen molar-refractivity contribution in [2.45, 2.75) is 4.90 Å². The minimum absolute atomic E-state index is 0.0807. The lowest BCUT2D eigenvalue weighted by atomic mass is 10.2. The van der Waals surface area contributed by atoms with Crippen molar-refractivity contribution in [1.82, 2.24) is 0 Å². The zero-order chi connectivity index (χ0) is 18.2. The third-order valence-electron chi connectivity index (χ3n) is 3.74. The number of hydrogen-bond acceptors (Lipinski definition) is 6. The lowest BCUT2D eigenvalue weighted by Gasteiger charge is -2.29. The van der Waals surface area contributed by atoms with E-state index in [-0.39, 0.29) is 10.6 Å². The molecule has 2 aromatic rings. The number of ether oxygens (including phenoxy) is 2. The molecule has 0 unspecified atom stereocenters. The smallest absolute Gasteiger partial charge is 0.351 e. The van der Waals surface area contributed by atoms with E-state index in [9.17, 15) is 17.6 Å². The van der Waals surface area contributed by atoms with Gasteiger partial charge in [0.2, 0.25) is 9.84 Å². The van der Waals surface area contributed by atoms with Crippen LogP contribution in [0.2, 0.25) is 0 Å². The number of halogens is 1. The number of para-hydroxylation sites is 2. The molecule has 0 fully saturated rings. The Labute approximate surface area is 144 Å². The third kappa shape index (κ3) is 2.74. The molecule has 0 saturated carbocycles. The highest BCUT2D eigenvalue weighted by atomic mass is 32.2. The average molecular weight is 363 g/mol. The van der Waals surface area contributed by atoms with Crippen LogP contribution in [0.5, 0.6) is 5.75 Å². The van der Waals surface area contributed by atoms with Crippen LogP contribution in [-0.4, -0.2) is 28.6 Å². The van der Waals surface area contributed by atoms with E-state index >= 15 is 0 Å². The van der Waals surface area contributed by atoms with Crippen LogP contribution in [0.15, 0.2) is 58.5 Å². The summed E-state index contributed by atoms with van der Waals surface area (Å²) >= 11 is 0. The fraction of sp³-hybridized carbons (Fsp3) is 0.118. The molecule has 0 atom stereocenters. The second-order valence-corrected chi connectivity index (χ2v) is 7.03. The maximum atomic E-state index is 13.8. The zero-order valence-corrected chi connectivity index (χ0v) is 14.2. The van der Waals surface area contributed by atoms with Crippen LogP contribution in [0, 0.1) is 5.82 Å². The molecular formula is C17H14FNO5S. The monoisotopic (exact) mass is 363 g/mol. The van der Waals surface area contributed by atoms with Gasteiger partial charge in [-0.2, -0.15) is 0 Å². The van der Waals surface area contributed by atoms with Gasteiger partial charge in [0.15, 0.2) is 4.91 Å². The van der Waals surface area contributed by atoms with Gasteiger partial charge in [0.05, 0.1) is 30.5 Å². The molecule has 0 amide bonds. The fourth-order valence-corrected chi connectivity index (χ4v) is 4.04. The largest absolute Gasteiger partial charge is 0.495 e. The molecule has 0 N–H and O–H groups in total. The Hall–Kier alpha value is -2.87. The van der Waals surface area contributed by atoms with Gasteiger partial charge in [0.1, 0.15) is 11.6 Å². The van der Waals surface area contributed by atoms with Gasteiger partial charge in [-0.05, 0) is 30.3 Å². The number of benzene rings is 2. The fourth-order valence-electron chi connectivity index (χ4n) is 2.57. The first-order valence-corrected chi connectivity index (χ1v) is 8.65. The molecule has 3 rings (SSSR count). The standard InChI is InChI=1S/C17H14FNO5S/c1-23-14-6-4-3-5-12(14)19-10-16(17(20)24-2)25(21,22)15-8-7-11(18)9-13(15)19/h3-10H,1-2H3. The third-order valence-corrected chi connectivity index (χ3v) is 5.51. The van der Waals surface area contributed by atoms with Gasteiger partial charge >= 0.3 is 5.97 Å². The van der Waals surface area contributed by atoms with Gasteiger partial charge in [0, 0.05) is 6.20 Å². The number of esters is 1. The molecule has 1 heterocycles. The normalized spacial score (nSPS) is 15.2. The van der Waals surface area contributed by atoms with Crippen LogP contribution in [0.4, 0.5) is 15.8 Å². The molecule has 1 aliphatic rings. The van der Waals surface area contributed by atoms with Crippen molar-refractivity contribution in [2.75, 3.05) is 19.1 Å². The number of rotatable bonds is 3. The summed E-state index contributed by atoms with van der Waals surface area (Å²) in [6.07, 6.45) is 1.11. The molecule has 0 aromatic heterocycles. The lowest BCUT2D eigenvalue weighted by Crippen LogP contribution is -2.26. The second-order valence-electron chi connectivity index (χ2n) is 5.14. The molecule has 0 saturated heterocycles. The van der Waals surface area contributed by atoms with E-state index in [2.05, 4.69) is 4.74 Å². The number of nitrogens with zero attached hydrogens (tertiary/aromatic N) is 1. The van der Waals surface area contributed by atoms with Gasteiger partial charge in [-0.3, -0.25) is 0 Å². The molecule has 1 aliphatic heterocycles. The summed E-state index contributed by atoms with van der Waals surface area (Å²) in [7, 11) is -1.59. The van der Waals surface area contributed by atoms with Crippen molar-refractivity contribution < 1.29 is 27.1 Å². The first-order chi connectivity index (χ1) is 11.9. The molecule has 0 aliphatic carbocycles. The van der Waals surface area contributed by atoms with Crippen LogP contribution in [-0.2, 0) is 19.4 Å². The van der Waals surface area contributed by atoms with E-state index in [0.29, 0.717) is 11.4 Å². The molecular weight excluding hydrogens is 349 g/mol. The van der Waals surface area contributed by atoms with Gasteiger partial charge in [-0.1, -0.05) is 12.1 Å². The topological polar surface area (TPSA) is 72.9 Å². The van der Waals surface area contributed by atoms with Crippen LogP contribution in [0.3, 0.4) is 0 Å². The highest BCUT2D eigenvalue weighted by Gasteiger charge is 2.37. The summed E-state index contributed by atoms with van der Waals surface area (Å²) in [5.41, 5.74) is 0.533. The van der Waals surface area contributed by atoms with Crippen molar-refractivity contribution >= 4 is 27.2 Å². The summed E-state index contributed by atoms with van der Waals surface area (Å²) in [5.74, 6) is -1.18.